The van der Waals surface area contributed by atoms with E-state index in [1.165, 1.54) is 0 Å². The van der Waals surface area contributed by atoms with Crippen LogP contribution in [0, 0.1) is 0 Å². The molecule has 3 nitrogen and oxygen atoms in total. The first-order valence-corrected chi connectivity index (χ1v) is 3.10. The molecule has 0 heterocycles. The molecule has 0 aromatic heterocycles. The van der Waals surface area contributed by atoms with E-state index in [0.29, 0.717) is 0 Å². The predicted octanol–water partition coefficient (Wildman–Crippen LogP) is 1.07. The van der Waals surface area contributed by atoms with Crippen LogP contribution in [-0.4, -0.2) is 35.3 Å². The Bertz CT molecular complexity index is 62.5. The Balaban J connectivity index is -0.0000000847. The molecule has 0 aliphatic heterocycles. The lowest BCUT2D eigenvalue weighted by molar-refractivity contribution is -0.137. The highest BCUT2D eigenvalue weighted by Crippen LogP contribution is 1.73. The first kappa shape index (κ1) is 16.5. The highest BCUT2D eigenvalue weighted by Gasteiger charge is 1.85. The molecule has 2 N–H and O–H groups in total. The number of halogens is 3. The molecule has 0 aliphatic carbocycles. The van der Waals surface area contributed by atoms with Gasteiger partial charge in [-0.25, -0.2) is 9.18 Å². The van der Waals surface area contributed by atoms with E-state index in [-0.39, 0.29) is 5.34 Å². The highest BCUT2D eigenvalue weighted by atomic mass is 35.5. The fraction of sp³-hybridized carbons (Fsp3) is 0.750. The quantitative estimate of drug-likeness (QED) is 0.615. The summed E-state index contributed by atoms with van der Waals surface area (Å²) in [5.74, 6) is -1.41. The van der Waals surface area contributed by atoms with Crippen molar-refractivity contribution in [3.63, 3.8) is 0 Å². The van der Waals surface area contributed by atoms with Gasteiger partial charge in [-0.3, -0.25) is 0 Å². The van der Waals surface area contributed by atoms with Crippen LogP contribution in [-0.2, 0) is 4.79 Å². The molecule has 64 valence electrons. The van der Waals surface area contributed by atoms with Crippen molar-refractivity contribution in [3.8, 4) is 0 Å². The Morgan fingerprint density at radius 3 is 1.60 bits per heavy atom. The van der Waals surface area contributed by atoms with Gasteiger partial charge in [-0.1, -0.05) is 0 Å². The van der Waals surface area contributed by atoms with Crippen LogP contribution in [0.2, 0.25) is 0 Å². The molecular formula is C4H9Cl2FO3. The van der Waals surface area contributed by atoms with Gasteiger partial charge in [0.15, 0.2) is 6.67 Å². The molecule has 6 heteroatoms. The molecule has 0 amide bonds. The number of carboxylic acids is 1. The smallest absolute Gasteiger partial charge is 0.335 e. The van der Waals surface area contributed by atoms with E-state index in [4.69, 9.17) is 38.2 Å². The maximum absolute atomic E-state index is 10.5. The number of aliphatic hydroxyl groups excluding tert-OH is 1. The second-order valence-corrected chi connectivity index (χ2v) is 1.44. The maximum atomic E-state index is 10.5. The van der Waals surface area contributed by atoms with Crippen molar-refractivity contribution in [1.29, 1.82) is 0 Å². The van der Waals surface area contributed by atoms with Crippen molar-refractivity contribution >= 4 is 29.2 Å². The molecule has 0 rings (SSSR count). The van der Waals surface area contributed by atoms with E-state index in [1.807, 2.05) is 0 Å². The molecule has 0 saturated heterocycles. The largest absolute Gasteiger partial charge is 0.479 e. The molecular weight excluding hydrogens is 186 g/mol. The van der Waals surface area contributed by atoms with Gasteiger partial charge < -0.3 is 10.2 Å². The number of carbonyl (C=O) groups is 1. The lowest BCUT2D eigenvalue weighted by atomic mass is 10.8. The zero-order chi connectivity index (χ0) is 8.99. The monoisotopic (exact) mass is 194 g/mol. The van der Waals surface area contributed by atoms with Crippen LogP contribution >= 0.6 is 23.2 Å². The number of hydrogen-bond donors (Lipinski definition) is 2. The second-order valence-electron chi connectivity index (χ2n) is 0.628. The van der Waals surface area contributed by atoms with Crippen molar-refractivity contribution in [3.05, 3.63) is 0 Å². The zero-order valence-corrected chi connectivity index (χ0v) is 6.86. The molecule has 0 bridgehead atoms. The van der Waals surface area contributed by atoms with Crippen molar-refractivity contribution < 1.29 is 19.4 Å². The molecule has 0 aliphatic rings. The average Bonchev–Trinajstić information content (AvgIpc) is 1.94. The fourth-order valence-corrected chi connectivity index (χ4v) is 0. The van der Waals surface area contributed by atoms with Gasteiger partial charge in [0.1, 0.15) is 0 Å². The van der Waals surface area contributed by atoms with E-state index in [2.05, 4.69) is 0 Å². The number of carboxylic acid groups (broad SMARTS) is 1. The van der Waals surface area contributed by atoms with E-state index in [0.717, 1.165) is 7.11 Å². The third-order valence-electron chi connectivity index (χ3n) is 0.114. The Morgan fingerprint density at radius 1 is 1.50 bits per heavy atom. The Labute approximate surface area is 68.4 Å². The number of aliphatic carboxylic acids is 1. The first-order valence-electron chi connectivity index (χ1n) is 2.03. The lowest BCUT2D eigenvalue weighted by Crippen LogP contribution is -1.93. The van der Waals surface area contributed by atoms with Gasteiger partial charge in [-0.05, 0) is 0 Å². The van der Waals surface area contributed by atoms with Crippen molar-refractivity contribution in [2.24, 2.45) is 0 Å². The molecule has 10 heavy (non-hydrogen) atoms. The molecule has 0 aromatic carbocycles. The molecule has 0 spiro atoms. The van der Waals surface area contributed by atoms with Crippen LogP contribution in [0.5, 0.6) is 0 Å². The Morgan fingerprint density at radius 2 is 1.60 bits per heavy atom. The first-order chi connectivity index (χ1) is 4.68. The summed E-state index contributed by atoms with van der Waals surface area (Å²) in [7, 11) is 1.00. The number of aliphatic hydroxyl groups is 1. The van der Waals surface area contributed by atoms with Crippen LogP contribution in [0.3, 0.4) is 0 Å². The summed E-state index contributed by atoms with van der Waals surface area (Å²) < 4.78 is 10.5. The minimum atomic E-state index is -1.41. The fourth-order valence-electron chi connectivity index (χ4n) is 0. The summed E-state index contributed by atoms with van der Waals surface area (Å²) in [5.41, 5.74) is 0. The van der Waals surface area contributed by atoms with Gasteiger partial charge in [0, 0.05) is 7.11 Å². The maximum Gasteiger partial charge on any atom is 0.335 e. The number of rotatable bonds is 1. The van der Waals surface area contributed by atoms with Crippen LogP contribution in [0.15, 0.2) is 0 Å². The van der Waals surface area contributed by atoms with Gasteiger partial charge in [0.2, 0.25) is 0 Å². The van der Waals surface area contributed by atoms with E-state index in [1.54, 1.807) is 0 Å². The van der Waals surface area contributed by atoms with Crippen LogP contribution in [0.25, 0.3) is 0 Å². The summed E-state index contributed by atoms with van der Waals surface area (Å²) in [6, 6.07) is 0. The predicted molar refractivity (Wildman–Crippen MR) is 38.3 cm³/mol. The van der Waals surface area contributed by atoms with Crippen LogP contribution in [0.1, 0.15) is 0 Å². The van der Waals surface area contributed by atoms with Crippen molar-refractivity contribution in [1.82, 2.24) is 0 Å². The minimum absolute atomic E-state index is 0.194. The highest BCUT2D eigenvalue weighted by molar-refractivity contribution is 6.40. The molecule has 0 fully saturated rings. The van der Waals surface area contributed by atoms with Gasteiger partial charge >= 0.3 is 5.97 Å². The molecule has 0 atom stereocenters. The third-order valence-corrected chi connectivity index (χ3v) is 0.114. The molecule has 0 saturated carbocycles. The average molecular weight is 195 g/mol. The summed E-state index contributed by atoms with van der Waals surface area (Å²) in [6.07, 6.45) is 0. The van der Waals surface area contributed by atoms with Crippen molar-refractivity contribution in [2.45, 2.75) is 0 Å². The topological polar surface area (TPSA) is 57.5 Å². The van der Waals surface area contributed by atoms with Gasteiger partial charge in [0.25, 0.3) is 0 Å². The van der Waals surface area contributed by atoms with Crippen LogP contribution < -0.4 is 0 Å². The summed E-state index contributed by atoms with van der Waals surface area (Å²) in [4.78, 5) is 8.99. The SMILES string of the molecule is CO.ClCCl.O=C(O)CF. The molecule has 0 unspecified atom stereocenters. The van der Waals surface area contributed by atoms with Gasteiger partial charge in [0.05, 0.1) is 5.34 Å². The van der Waals surface area contributed by atoms with Gasteiger partial charge in [-0.15, -0.1) is 23.2 Å². The van der Waals surface area contributed by atoms with E-state index >= 15 is 0 Å². The Hall–Kier alpha value is -0.0600. The third kappa shape index (κ3) is 102. The minimum Gasteiger partial charge on any atom is -0.479 e. The normalized spacial score (nSPS) is 6.10. The zero-order valence-electron chi connectivity index (χ0n) is 5.35. The Kier molecular flexibility index (Phi) is 38.1. The summed E-state index contributed by atoms with van der Waals surface area (Å²) >= 11 is 9.53. The summed E-state index contributed by atoms with van der Waals surface area (Å²) in [5, 5.41) is 14.5. The number of alkyl halides is 3. The molecule has 0 aromatic rings. The second kappa shape index (κ2) is 23.1. The van der Waals surface area contributed by atoms with Crippen molar-refractivity contribution in [2.75, 3.05) is 19.1 Å². The number of hydrogen-bond acceptors (Lipinski definition) is 2. The lowest BCUT2D eigenvalue weighted by Gasteiger charge is -1.69. The van der Waals surface area contributed by atoms with E-state index in [9.17, 15) is 4.39 Å². The summed E-state index contributed by atoms with van der Waals surface area (Å²) in [6.45, 7) is -1.28. The molecule has 0 radical (unpaired) electrons. The standard InChI is InChI=1S/C2H3FO2.CH2Cl2.CH4O/c3-1-2(4)5;2-1-3;1-2/h1H2,(H,4,5);1H2;2H,1H3. The van der Waals surface area contributed by atoms with Gasteiger partial charge in [-0.2, -0.15) is 0 Å². The van der Waals surface area contributed by atoms with Crippen LogP contribution in [0.4, 0.5) is 4.39 Å². The van der Waals surface area contributed by atoms with E-state index < -0.39 is 12.6 Å².